The van der Waals surface area contributed by atoms with Crippen molar-refractivity contribution in [1.29, 1.82) is 0 Å². The molecule has 0 aromatic heterocycles. The van der Waals surface area contributed by atoms with Crippen LogP contribution in [0.25, 0.3) is 10.8 Å². The Balaban J connectivity index is 1.70. The van der Waals surface area contributed by atoms with E-state index in [1.54, 1.807) is 0 Å². The molecule has 0 aliphatic rings. The molecule has 0 bridgehead atoms. The fraction of sp³-hybridized carbons (Fsp3) is 0.0833. The third-order valence-corrected chi connectivity index (χ3v) is 4.69. The summed E-state index contributed by atoms with van der Waals surface area (Å²) in [6, 6.07) is 34.2. The minimum Gasteiger partial charge on any atom is -0.386 e. The van der Waals surface area contributed by atoms with Crippen molar-refractivity contribution >= 4 is 16.5 Å². The number of rotatable bonds is 5. The number of anilines is 1. The summed E-state index contributed by atoms with van der Waals surface area (Å²) in [4.78, 5) is 0. The minimum atomic E-state index is -0.648. The van der Waals surface area contributed by atoms with E-state index >= 15 is 0 Å². The van der Waals surface area contributed by atoms with Crippen molar-refractivity contribution < 1.29 is 5.11 Å². The first-order valence-electron chi connectivity index (χ1n) is 8.84. The van der Waals surface area contributed by atoms with E-state index in [4.69, 9.17) is 0 Å². The van der Waals surface area contributed by atoms with Crippen LogP contribution in [-0.4, -0.2) is 5.11 Å². The average molecular weight is 339 g/mol. The molecule has 0 heterocycles. The molecule has 4 rings (SSSR count). The van der Waals surface area contributed by atoms with Gasteiger partial charge >= 0.3 is 0 Å². The summed E-state index contributed by atoms with van der Waals surface area (Å²) in [5.74, 6) is 0. The molecule has 2 atom stereocenters. The summed E-state index contributed by atoms with van der Waals surface area (Å²) in [6.45, 7) is 0. The Bertz CT molecular complexity index is 982. The van der Waals surface area contributed by atoms with Gasteiger partial charge in [-0.25, -0.2) is 0 Å². The van der Waals surface area contributed by atoms with Crippen molar-refractivity contribution in [2.45, 2.75) is 12.1 Å². The zero-order chi connectivity index (χ0) is 17.8. The van der Waals surface area contributed by atoms with Crippen molar-refractivity contribution in [3.8, 4) is 0 Å². The van der Waals surface area contributed by atoms with E-state index in [0.29, 0.717) is 0 Å². The predicted molar refractivity (Wildman–Crippen MR) is 108 cm³/mol. The Kier molecular flexibility index (Phi) is 4.67. The summed E-state index contributed by atoms with van der Waals surface area (Å²) in [6.07, 6.45) is -0.648. The number of hydrogen-bond donors (Lipinski definition) is 2. The van der Waals surface area contributed by atoms with Gasteiger partial charge in [-0.15, -0.1) is 0 Å². The second-order valence-corrected chi connectivity index (χ2v) is 6.45. The summed E-state index contributed by atoms with van der Waals surface area (Å²) in [5, 5.41) is 17.0. The maximum Gasteiger partial charge on any atom is 0.103 e. The number of fused-ring (bicyclic) bond motifs is 1. The first kappa shape index (κ1) is 16.4. The molecule has 0 saturated carbocycles. The summed E-state index contributed by atoms with van der Waals surface area (Å²) in [7, 11) is 0. The van der Waals surface area contributed by atoms with Crippen molar-refractivity contribution in [3.63, 3.8) is 0 Å². The molecule has 0 unspecified atom stereocenters. The first-order valence-corrected chi connectivity index (χ1v) is 8.84. The highest BCUT2D eigenvalue weighted by atomic mass is 16.3. The smallest absolute Gasteiger partial charge is 0.103 e. The Morgan fingerprint density at radius 2 is 1.15 bits per heavy atom. The molecule has 0 spiro atoms. The summed E-state index contributed by atoms with van der Waals surface area (Å²) >= 11 is 0. The zero-order valence-electron chi connectivity index (χ0n) is 14.4. The second-order valence-electron chi connectivity index (χ2n) is 6.45. The van der Waals surface area contributed by atoms with E-state index in [0.717, 1.165) is 16.8 Å². The van der Waals surface area contributed by atoms with E-state index in [-0.39, 0.29) is 6.04 Å². The number of aliphatic hydroxyl groups excluding tert-OH is 1. The quantitative estimate of drug-likeness (QED) is 0.487. The monoisotopic (exact) mass is 339 g/mol. The second kappa shape index (κ2) is 7.42. The number of hydrogen-bond acceptors (Lipinski definition) is 2. The molecule has 0 fully saturated rings. The maximum atomic E-state index is 11.0. The Morgan fingerprint density at radius 3 is 1.85 bits per heavy atom. The number of nitrogens with one attached hydrogen (secondary N) is 1. The van der Waals surface area contributed by atoms with E-state index < -0.39 is 6.10 Å². The van der Waals surface area contributed by atoms with Gasteiger partial charge in [0, 0.05) is 5.69 Å². The molecular weight excluding hydrogens is 318 g/mol. The summed E-state index contributed by atoms with van der Waals surface area (Å²) in [5.41, 5.74) is 2.94. The van der Waals surface area contributed by atoms with Gasteiger partial charge in [-0.3, -0.25) is 0 Å². The molecule has 128 valence electrons. The van der Waals surface area contributed by atoms with Crippen LogP contribution in [-0.2, 0) is 0 Å². The van der Waals surface area contributed by atoms with Crippen LogP contribution in [0.3, 0.4) is 0 Å². The zero-order valence-corrected chi connectivity index (χ0v) is 14.4. The fourth-order valence-corrected chi connectivity index (χ4v) is 3.31. The number of benzene rings is 4. The first-order chi connectivity index (χ1) is 12.8. The van der Waals surface area contributed by atoms with Crippen molar-refractivity contribution in [3.05, 3.63) is 114 Å². The normalized spacial score (nSPS) is 13.3. The highest BCUT2D eigenvalue weighted by molar-refractivity contribution is 5.85. The topological polar surface area (TPSA) is 32.3 Å². The van der Waals surface area contributed by atoms with Crippen LogP contribution in [0.4, 0.5) is 5.69 Å². The van der Waals surface area contributed by atoms with Crippen LogP contribution in [0, 0.1) is 0 Å². The molecule has 2 N–H and O–H groups in total. The fourth-order valence-electron chi connectivity index (χ4n) is 3.31. The molecule has 0 aliphatic heterocycles. The third-order valence-electron chi connectivity index (χ3n) is 4.69. The van der Waals surface area contributed by atoms with Gasteiger partial charge in [0.2, 0.25) is 0 Å². The van der Waals surface area contributed by atoms with Crippen LogP contribution in [0.2, 0.25) is 0 Å². The molecule has 0 aliphatic carbocycles. The lowest BCUT2D eigenvalue weighted by atomic mass is 9.95. The van der Waals surface area contributed by atoms with Crippen LogP contribution in [0.1, 0.15) is 23.3 Å². The summed E-state index contributed by atoms with van der Waals surface area (Å²) < 4.78 is 0. The van der Waals surface area contributed by atoms with Crippen LogP contribution in [0.5, 0.6) is 0 Å². The highest BCUT2D eigenvalue weighted by Crippen LogP contribution is 2.33. The minimum absolute atomic E-state index is 0.236. The van der Waals surface area contributed by atoms with Crippen molar-refractivity contribution in [2.75, 3.05) is 5.32 Å². The van der Waals surface area contributed by atoms with Crippen LogP contribution >= 0.6 is 0 Å². The number of aliphatic hydroxyl groups is 1. The third kappa shape index (κ3) is 3.46. The molecule has 2 heteroatoms. The molecule has 2 nitrogen and oxygen atoms in total. The molecule has 0 saturated heterocycles. The Labute approximate surface area is 153 Å². The predicted octanol–water partition coefficient (Wildman–Crippen LogP) is 5.73. The Morgan fingerprint density at radius 1 is 0.577 bits per heavy atom. The van der Waals surface area contributed by atoms with Crippen molar-refractivity contribution in [1.82, 2.24) is 0 Å². The van der Waals surface area contributed by atoms with E-state index in [2.05, 4.69) is 35.6 Å². The molecule has 0 amide bonds. The van der Waals surface area contributed by atoms with Gasteiger partial charge in [-0.2, -0.15) is 0 Å². The van der Waals surface area contributed by atoms with Crippen LogP contribution in [0.15, 0.2) is 103 Å². The lowest BCUT2D eigenvalue weighted by molar-refractivity contribution is 0.155. The van der Waals surface area contributed by atoms with Gasteiger partial charge in [-0.1, -0.05) is 91.0 Å². The average Bonchev–Trinajstić information content (AvgIpc) is 2.73. The van der Waals surface area contributed by atoms with Gasteiger partial charge in [0.25, 0.3) is 0 Å². The molecule has 4 aromatic carbocycles. The van der Waals surface area contributed by atoms with Gasteiger partial charge in [0.05, 0.1) is 6.04 Å². The van der Waals surface area contributed by atoms with E-state index in [9.17, 15) is 5.11 Å². The highest BCUT2D eigenvalue weighted by Gasteiger charge is 2.22. The standard InChI is InChI=1S/C24H21NO/c26-24(20-12-5-2-6-13-20)23(19-10-3-1-4-11-19)25-22-16-15-18-9-7-8-14-21(18)17-22/h1-17,23-26H/t23-,24-/m1/s1. The Hall–Kier alpha value is -3.10. The van der Waals surface area contributed by atoms with E-state index in [1.165, 1.54) is 10.8 Å². The SMILES string of the molecule is O[C@H](c1ccccc1)[C@H](Nc1ccc2ccccc2c1)c1ccccc1. The lowest BCUT2D eigenvalue weighted by Crippen LogP contribution is -2.19. The van der Waals surface area contributed by atoms with Gasteiger partial charge in [0.1, 0.15) is 6.10 Å². The van der Waals surface area contributed by atoms with Crippen LogP contribution < -0.4 is 5.32 Å². The van der Waals surface area contributed by atoms with Crippen molar-refractivity contribution in [2.24, 2.45) is 0 Å². The van der Waals surface area contributed by atoms with Gasteiger partial charge < -0.3 is 10.4 Å². The lowest BCUT2D eigenvalue weighted by Gasteiger charge is -2.26. The largest absolute Gasteiger partial charge is 0.386 e. The molecule has 4 aromatic rings. The maximum absolute atomic E-state index is 11.0. The van der Waals surface area contributed by atoms with Gasteiger partial charge in [-0.05, 0) is 34.0 Å². The molecular formula is C24H21NO. The molecule has 0 radical (unpaired) electrons. The van der Waals surface area contributed by atoms with Gasteiger partial charge in [0.15, 0.2) is 0 Å². The van der Waals surface area contributed by atoms with E-state index in [1.807, 2.05) is 72.8 Å². The molecule has 26 heavy (non-hydrogen) atoms.